The molecule has 0 amide bonds. The Morgan fingerprint density at radius 1 is 1.17 bits per heavy atom. The predicted octanol–water partition coefficient (Wildman–Crippen LogP) is 4.03. The second-order valence-corrected chi connectivity index (χ2v) is 6.18. The fraction of sp³-hybridized carbons (Fsp3) is 0.368. The molecule has 4 rings (SSSR count). The van der Waals surface area contributed by atoms with Gasteiger partial charge in [0.05, 0.1) is 6.54 Å². The van der Waals surface area contributed by atoms with E-state index in [0.29, 0.717) is 0 Å². The van der Waals surface area contributed by atoms with Crippen molar-refractivity contribution in [3.8, 4) is 0 Å². The van der Waals surface area contributed by atoms with E-state index < -0.39 is 0 Å². The second kappa shape index (κ2) is 6.13. The second-order valence-electron chi connectivity index (χ2n) is 6.18. The monoisotopic (exact) mass is 307 g/mol. The minimum absolute atomic E-state index is 0.0852. The molecule has 3 aromatic rings. The van der Waals surface area contributed by atoms with Gasteiger partial charge in [-0.25, -0.2) is 9.97 Å². The maximum absolute atomic E-state index is 5.99. The molecule has 1 unspecified atom stereocenters. The maximum Gasteiger partial charge on any atom is 0.160 e. The Hall–Kier alpha value is -2.20. The predicted molar refractivity (Wildman–Crippen MR) is 90.4 cm³/mol. The number of benzene rings is 1. The highest BCUT2D eigenvalue weighted by molar-refractivity contribution is 5.71. The first kappa shape index (κ1) is 14.4. The fourth-order valence-corrected chi connectivity index (χ4v) is 3.28. The van der Waals surface area contributed by atoms with E-state index in [4.69, 9.17) is 9.72 Å². The zero-order valence-corrected chi connectivity index (χ0v) is 13.4. The van der Waals surface area contributed by atoms with E-state index in [1.807, 2.05) is 18.3 Å². The van der Waals surface area contributed by atoms with Gasteiger partial charge in [0.2, 0.25) is 0 Å². The van der Waals surface area contributed by atoms with E-state index in [0.717, 1.165) is 43.0 Å². The molecule has 1 aliphatic rings. The first-order chi connectivity index (χ1) is 11.3. The van der Waals surface area contributed by atoms with Crippen molar-refractivity contribution >= 4 is 11.2 Å². The van der Waals surface area contributed by atoms with Gasteiger partial charge in [-0.2, -0.15) is 0 Å². The summed E-state index contributed by atoms with van der Waals surface area (Å²) in [5, 5.41) is 0. The summed E-state index contributed by atoms with van der Waals surface area (Å²) in [4.78, 5) is 9.41. The van der Waals surface area contributed by atoms with E-state index in [2.05, 4.69) is 40.7 Å². The van der Waals surface area contributed by atoms with Crippen molar-refractivity contribution in [2.24, 2.45) is 0 Å². The van der Waals surface area contributed by atoms with Crippen molar-refractivity contribution in [3.63, 3.8) is 0 Å². The molecule has 1 saturated heterocycles. The van der Waals surface area contributed by atoms with Crippen LogP contribution in [0.5, 0.6) is 0 Å². The molecule has 3 heterocycles. The number of ether oxygens (including phenoxy) is 1. The number of pyridine rings is 1. The van der Waals surface area contributed by atoms with Gasteiger partial charge in [0.25, 0.3) is 0 Å². The van der Waals surface area contributed by atoms with E-state index in [9.17, 15) is 0 Å². The van der Waals surface area contributed by atoms with Gasteiger partial charge in [0, 0.05) is 12.8 Å². The number of hydrogen-bond acceptors (Lipinski definition) is 3. The quantitative estimate of drug-likeness (QED) is 0.733. The van der Waals surface area contributed by atoms with Crippen molar-refractivity contribution in [3.05, 3.63) is 59.5 Å². The molecule has 118 valence electrons. The van der Waals surface area contributed by atoms with E-state index in [1.54, 1.807) is 0 Å². The molecule has 4 nitrogen and oxygen atoms in total. The number of aryl methyl sites for hydroxylation is 1. The summed E-state index contributed by atoms with van der Waals surface area (Å²) in [5.74, 6) is 1.02. The fourth-order valence-electron chi connectivity index (χ4n) is 3.28. The van der Waals surface area contributed by atoms with Gasteiger partial charge in [-0.15, -0.1) is 0 Å². The molecular formula is C19H21N3O. The SMILES string of the molecule is Cc1ccccc1Cn1c(C2CCCCO2)nc2cccnc21. The third-order valence-corrected chi connectivity index (χ3v) is 4.59. The molecule has 0 radical (unpaired) electrons. The van der Waals surface area contributed by atoms with Crippen LogP contribution in [0.15, 0.2) is 42.6 Å². The van der Waals surface area contributed by atoms with Crippen molar-refractivity contribution < 1.29 is 4.74 Å². The summed E-state index contributed by atoms with van der Waals surface area (Å²) >= 11 is 0. The van der Waals surface area contributed by atoms with Gasteiger partial charge in [-0.05, 0) is 49.4 Å². The molecule has 23 heavy (non-hydrogen) atoms. The molecule has 1 aliphatic heterocycles. The van der Waals surface area contributed by atoms with Crippen LogP contribution in [0.3, 0.4) is 0 Å². The smallest absolute Gasteiger partial charge is 0.160 e. The molecule has 0 bridgehead atoms. The molecule has 1 fully saturated rings. The summed E-state index contributed by atoms with van der Waals surface area (Å²) in [6, 6.07) is 12.5. The van der Waals surface area contributed by atoms with E-state index >= 15 is 0 Å². The van der Waals surface area contributed by atoms with Gasteiger partial charge >= 0.3 is 0 Å². The molecular weight excluding hydrogens is 286 g/mol. The average molecular weight is 307 g/mol. The van der Waals surface area contributed by atoms with Crippen LogP contribution in [-0.2, 0) is 11.3 Å². The Kier molecular flexibility index (Phi) is 3.83. The highest BCUT2D eigenvalue weighted by Crippen LogP contribution is 2.30. The lowest BCUT2D eigenvalue weighted by molar-refractivity contribution is 0.00783. The number of rotatable bonds is 3. The first-order valence-corrected chi connectivity index (χ1v) is 8.30. The van der Waals surface area contributed by atoms with Crippen LogP contribution in [0.4, 0.5) is 0 Å². The Morgan fingerprint density at radius 3 is 2.91 bits per heavy atom. The average Bonchev–Trinajstić information content (AvgIpc) is 2.96. The standard InChI is InChI=1S/C19H21N3O/c1-14-7-2-3-8-15(14)13-22-18-16(9-6-11-20-18)21-19(22)17-10-4-5-12-23-17/h2-3,6-9,11,17H,4-5,10,12-13H2,1H3. The van der Waals surface area contributed by atoms with E-state index in [-0.39, 0.29) is 6.10 Å². The molecule has 0 N–H and O–H groups in total. The van der Waals surface area contributed by atoms with Gasteiger partial charge in [-0.1, -0.05) is 24.3 Å². The van der Waals surface area contributed by atoms with Crippen molar-refractivity contribution in [1.29, 1.82) is 0 Å². The molecule has 1 aromatic carbocycles. The summed E-state index contributed by atoms with van der Waals surface area (Å²) in [7, 11) is 0. The third-order valence-electron chi connectivity index (χ3n) is 4.59. The largest absolute Gasteiger partial charge is 0.370 e. The molecule has 2 aromatic heterocycles. The van der Waals surface area contributed by atoms with Crippen LogP contribution >= 0.6 is 0 Å². The topological polar surface area (TPSA) is 39.9 Å². The summed E-state index contributed by atoms with van der Waals surface area (Å²) in [6.07, 6.45) is 5.31. The maximum atomic E-state index is 5.99. The van der Waals surface area contributed by atoms with Crippen LogP contribution in [0, 0.1) is 6.92 Å². The van der Waals surface area contributed by atoms with E-state index in [1.165, 1.54) is 17.5 Å². The molecule has 4 heteroatoms. The Balaban J connectivity index is 1.81. The lowest BCUT2D eigenvalue weighted by atomic mass is 10.1. The van der Waals surface area contributed by atoms with Crippen molar-refractivity contribution in [1.82, 2.24) is 14.5 Å². The minimum Gasteiger partial charge on any atom is -0.370 e. The van der Waals surface area contributed by atoms with Crippen LogP contribution in [0.2, 0.25) is 0 Å². The lowest BCUT2D eigenvalue weighted by Gasteiger charge is -2.23. The summed E-state index contributed by atoms with van der Waals surface area (Å²) < 4.78 is 8.22. The van der Waals surface area contributed by atoms with Crippen molar-refractivity contribution in [2.45, 2.75) is 38.8 Å². The Labute approximate surface area is 136 Å². The number of fused-ring (bicyclic) bond motifs is 1. The van der Waals surface area contributed by atoms with Gasteiger partial charge in [0.1, 0.15) is 17.4 Å². The minimum atomic E-state index is 0.0852. The third kappa shape index (κ3) is 2.75. The van der Waals surface area contributed by atoms with Crippen LogP contribution < -0.4 is 0 Å². The summed E-state index contributed by atoms with van der Waals surface area (Å²) in [5.41, 5.74) is 4.49. The highest BCUT2D eigenvalue weighted by Gasteiger charge is 2.23. The Bertz CT molecular complexity index is 818. The van der Waals surface area contributed by atoms with Crippen molar-refractivity contribution in [2.75, 3.05) is 6.61 Å². The van der Waals surface area contributed by atoms with Gasteiger partial charge < -0.3 is 9.30 Å². The number of nitrogens with zero attached hydrogens (tertiary/aromatic N) is 3. The molecule has 0 spiro atoms. The van der Waals surface area contributed by atoms with Gasteiger partial charge in [0.15, 0.2) is 5.65 Å². The number of hydrogen-bond donors (Lipinski definition) is 0. The molecule has 0 aliphatic carbocycles. The van der Waals surface area contributed by atoms with Crippen LogP contribution in [0.1, 0.15) is 42.3 Å². The van der Waals surface area contributed by atoms with Crippen LogP contribution in [-0.4, -0.2) is 21.1 Å². The summed E-state index contributed by atoms with van der Waals surface area (Å²) in [6.45, 7) is 3.76. The van der Waals surface area contributed by atoms with Crippen LogP contribution in [0.25, 0.3) is 11.2 Å². The molecule has 1 atom stereocenters. The normalized spacial score (nSPS) is 18.4. The first-order valence-electron chi connectivity index (χ1n) is 8.30. The highest BCUT2D eigenvalue weighted by atomic mass is 16.5. The molecule has 0 saturated carbocycles. The number of imidazole rings is 1. The Morgan fingerprint density at radius 2 is 2.09 bits per heavy atom. The zero-order chi connectivity index (χ0) is 15.6. The lowest BCUT2D eigenvalue weighted by Crippen LogP contribution is -2.17. The number of aromatic nitrogens is 3. The zero-order valence-electron chi connectivity index (χ0n) is 13.4. The van der Waals surface area contributed by atoms with Gasteiger partial charge in [-0.3, -0.25) is 0 Å².